The summed E-state index contributed by atoms with van der Waals surface area (Å²) in [5, 5.41) is 12.6. The number of benzene rings is 3. The molecule has 3 aromatic carbocycles. The first-order valence-corrected chi connectivity index (χ1v) is 12.3. The first-order valence-electron chi connectivity index (χ1n) is 12.3. The number of nitrogens with two attached hydrogens (primary N) is 1. The number of nitrogen functional groups attached to an aromatic ring is 1. The van der Waals surface area contributed by atoms with E-state index in [4.69, 9.17) is 25.0 Å². The molecule has 5 aromatic rings. The van der Waals surface area contributed by atoms with E-state index in [2.05, 4.69) is 15.3 Å². The molecule has 0 spiro atoms. The molecule has 0 aliphatic rings. The molecular weight excluding hydrogens is 513 g/mol. The van der Waals surface area contributed by atoms with Crippen LogP contribution in [-0.4, -0.2) is 29.9 Å². The lowest BCUT2D eigenvalue weighted by molar-refractivity contribution is 0.394. The van der Waals surface area contributed by atoms with Gasteiger partial charge in [0.15, 0.2) is 0 Å². The Morgan fingerprint density at radius 1 is 1.02 bits per heavy atom. The molecule has 1 atom stereocenters. The Morgan fingerprint density at radius 2 is 1.75 bits per heavy atom. The minimum Gasteiger partial charge on any atom is -0.497 e. The Morgan fingerprint density at radius 3 is 2.45 bits per heavy atom. The van der Waals surface area contributed by atoms with E-state index in [1.165, 1.54) is 38.7 Å². The second kappa shape index (κ2) is 10.9. The van der Waals surface area contributed by atoms with Crippen molar-refractivity contribution in [2.75, 3.05) is 25.3 Å². The van der Waals surface area contributed by atoms with Crippen molar-refractivity contribution in [3.63, 3.8) is 0 Å². The third-order valence-electron chi connectivity index (χ3n) is 6.45. The van der Waals surface area contributed by atoms with Crippen LogP contribution < -0.4 is 26.0 Å². The van der Waals surface area contributed by atoms with Crippen molar-refractivity contribution in [1.82, 2.24) is 9.97 Å². The molecule has 4 N–H and O–H groups in total. The molecule has 1 unspecified atom stereocenters. The Kier molecular flexibility index (Phi) is 7.15. The van der Waals surface area contributed by atoms with Crippen molar-refractivity contribution in [1.29, 1.82) is 5.41 Å². The smallest absolute Gasteiger partial charge is 0.200 e. The minimum absolute atomic E-state index is 0.0234. The third-order valence-corrected chi connectivity index (χ3v) is 6.45. The van der Waals surface area contributed by atoms with E-state index in [9.17, 15) is 9.18 Å². The van der Waals surface area contributed by atoms with E-state index >= 15 is 0 Å². The van der Waals surface area contributed by atoms with E-state index in [-0.39, 0.29) is 39.7 Å². The van der Waals surface area contributed by atoms with E-state index < -0.39 is 11.9 Å². The van der Waals surface area contributed by atoms with Crippen molar-refractivity contribution in [2.24, 2.45) is 0 Å². The van der Waals surface area contributed by atoms with Gasteiger partial charge in [0, 0.05) is 11.6 Å². The number of hydrogen-bond donors (Lipinski definition) is 3. The molecule has 0 aliphatic carbocycles. The second-order valence-electron chi connectivity index (χ2n) is 9.00. The van der Waals surface area contributed by atoms with E-state index in [1.54, 1.807) is 55.5 Å². The molecule has 0 saturated heterocycles. The lowest BCUT2D eigenvalue weighted by Gasteiger charge is -2.20. The van der Waals surface area contributed by atoms with Crippen molar-refractivity contribution < 1.29 is 18.3 Å². The molecule has 2 aromatic heterocycles. The quantitative estimate of drug-likeness (QED) is 0.218. The van der Waals surface area contributed by atoms with Crippen LogP contribution in [0.4, 0.5) is 16.0 Å². The first-order chi connectivity index (χ1) is 19.3. The van der Waals surface area contributed by atoms with Gasteiger partial charge in [-0.1, -0.05) is 24.3 Å². The van der Waals surface area contributed by atoms with Crippen molar-refractivity contribution in [3.05, 3.63) is 106 Å². The average molecular weight is 540 g/mol. The fraction of sp³-hybridized carbons (Fsp3) is 0.133. The standard InChI is InChI=1S/C30H26FN5O4/c1-16(28-24(17-7-6-8-19(31)11-17)27(37)22-9-4-5-10-23(22)40-28)36-30-25(29(33)34-15-35-30)26(32)18-12-20(38-2)14-21(13-18)39-3/h4-16,32H,1-3H3,(H3,33,34,35,36). The summed E-state index contributed by atoms with van der Waals surface area (Å²) in [4.78, 5) is 22.1. The van der Waals surface area contributed by atoms with Gasteiger partial charge in [0.2, 0.25) is 5.43 Å². The zero-order valence-electron chi connectivity index (χ0n) is 22.0. The number of rotatable bonds is 8. The van der Waals surface area contributed by atoms with Crippen molar-refractivity contribution >= 4 is 28.3 Å². The zero-order chi connectivity index (χ0) is 28.4. The van der Waals surface area contributed by atoms with Crippen LogP contribution in [0, 0.1) is 11.2 Å². The summed E-state index contributed by atoms with van der Waals surface area (Å²) >= 11 is 0. The molecule has 10 heteroatoms. The molecule has 0 fully saturated rings. The van der Waals surface area contributed by atoms with Crippen LogP contribution in [-0.2, 0) is 0 Å². The highest BCUT2D eigenvalue weighted by atomic mass is 19.1. The third kappa shape index (κ3) is 4.94. The van der Waals surface area contributed by atoms with Gasteiger partial charge in [-0.15, -0.1) is 0 Å². The molecule has 0 amide bonds. The van der Waals surface area contributed by atoms with Gasteiger partial charge in [-0.2, -0.15) is 0 Å². The van der Waals surface area contributed by atoms with E-state index in [0.29, 0.717) is 33.6 Å². The minimum atomic E-state index is -0.656. The first kappa shape index (κ1) is 26.4. The Balaban J connectivity index is 1.62. The lowest BCUT2D eigenvalue weighted by atomic mass is 9.98. The number of nitrogens with zero attached hydrogens (tertiary/aromatic N) is 2. The maximum Gasteiger partial charge on any atom is 0.200 e. The normalized spacial score (nSPS) is 11.7. The Bertz CT molecular complexity index is 1780. The van der Waals surface area contributed by atoms with Gasteiger partial charge in [-0.25, -0.2) is 14.4 Å². The number of nitrogens with one attached hydrogen (secondary N) is 2. The fourth-order valence-electron chi connectivity index (χ4n) is 4.50. The number of para-hydroxylation sites is 1. The van der Waals surface area contributed by atoms with E-state index in [0.717, 1.165) is 0 Å². The largest absolute Gasteiger partial charge is 0.497 e. The fourth-order valence-corrected chi connectivity index (χ4v) is 4.50. The predicted octanol–water partition coefficient (Wildman–Crippen LogP) is 5.58. The number of hydrogen-bond acceptors (Lipinski definition) is 9. The summed E-state index contributed by atoms with van der Waals surface area (Å²) in [6, 6.07) is 17.0. The summed E-state index contributed by atoms with van der Waals surface area (Å²) < 4.78 is 31.1. The van der Waals surface area contributed by atoms with Crippen molar-refractivity contribution in [2.45, 2.75) is 13.0 Å². The van der Waals surface area contributed by atoms with Gasteiger partial charge in [0.1, 0.15) is 46.6 Å². The van der Waals surface area contributed by atoms with Crippen LogP contribution in [0.2, 0.25) is 0 Å². The Labute approximate surface area is 228 Å². The van der Waals surface area contributed by atoms with Crippen LogP contribution in [0.25, 0.3) is 22.1 Å². The van der Waals surface area contributed by atoms with Crippen LogP contribution in [0.1, 0.15) is 29.9 Å². The number of anilines is 2. The molecule has 40 heavy (non-hydrogen) atoms. The van der Waals surface area contributed by atoms with Gasteiger partial charge < -0.3 is 24.9 Å². The Hall–Kier alpha value is -5.25. The van der Waals surface area contributed by atoms with Gasteiger partial charge >= 0.3 is 0 Å². The summed E-state index contributed by atoms with van der Waals surface area (Å²) in [6.07, 6.45) is 1.28. The van der Waals surface area contributed by atoms with Crippen molar-refractivity contribution in [3.8, 4) is 22.6 Å². The summed E-state index contributed by atoms with van der Waals surface area (Å²) in [7, 11) is 3.04. The van der Waals surface area contributed by atoms with Gasteiger partial charge in [-0.3, -0.25) is 10.2 Å². The van der Waals surface area contributed by atoms with Gasteiger partial charge in [0.25, 0.3) is 0 Å². The highest BCUT2D eigenvalue weighted by Crippen LogP contribution is 2.33. The highest BCUT2D eigenvalue weighted by Gasteiger charge is 2.24. The molecule has 5 rings (SSSR count). The number of aromatic nitrogens is 2. The number of halogens is 1. The number of methoxy groups -OCH3 is 2. The lowest BCUT2D eigenvalue weighted by Crippen LogP contribution is -2.19. The summed E-state index contributed by atoms with van der Waals surface area (Å²) in [5.41, 5.74) is 7.65. The molecule has 0 bridgehead atoms. The van der Waals surface area contributed by atoms with Crippen LogP contribution in [0.15, 0.2) is 82.3 Å². The van der Waals surface area contributed by atoms with E-state index in [1.807, 2.05) is 0 Å². The molecule has 0 radical (unpaired) electrons. The molecule has 0 saturated carbocycles. The number of ether oxygens (including phenoxy) is 2. The maximum absolute atomic E-state index is 14.2. The second-order valence-corrected chi connectivity index (χ2v) is 9.00. The topological polar surface area (TPSA) is 136 Å². The molecule has 2 heterocycles. The van der Waals surface area contributed by atoms with Crippen LogP contribution in [0.5, 0.6) is 11.5 Å². The van der Waals surface area contributed by atoms with Gasteiger partial charge in [0.05, 0.1) is 42.5 Å². The molecule has 9 nitrogen and oxygen atoms in total. The van der Waals surface area contributed by atoms with Crippen LogP contribution >= 0.6 is 0 Å². The summed E-state index contributed by atoms with van der Waals surface area (Å²) in [5.74, 6) is 1.09. The molecule has 202 valence electrons. The monoisotopic (exact) mass is 539 g/mol. The SMILES string of the molecule is COc1cc(OC)cc(C(=N)c2c(N)ncnc2NC(C)c2oc3ccccc3c(=O)c2-c2cccc(F)c2)c1. The molecular formula is C30H26FN5O4. The van der Waals surface area contributed by atoms with Crippen LogP contribution in [0.3, 0.4) is 0 Å². The maximum atomic E-state index is 14.2. The zero-order valence-corrected chi connectivity index (χ0v) is 22.0. The molecule has 0 aliphatic heterocycles. The summed E-state index contributed by atoms with van der Waals surface area (Å²) in [6.45, 7) is 1.77. The predicted molar refractivity (Wildman–Crippen MR) is 152 cm³/mol. The highest BCUT2D eigenvalue weighted by molar-refractivity contribution is 6.16. The number of fused-ring (bicyclic) bond motifs is 1. The van der Waals surface area contributed by atoms with Gasteiger partial charge in [-0.05, 0) is 48.9 Å². The average Bonchev–Trinajstić information content (AvgIpc) is 2.96.